The Kier molecular flexibility index (Phi) is 6.72. The van der Waals surface area contributed by atoms with Crippen molar-refractivity contribution in [3.8, 4) is 11.3 Å². The highest BCUT2D eigenvalue weighted by Gasteiger charge is 2.31. The normalized spacial score (nSPS) is 18.2. The van der Waals surface area contributed by atoms with Crippen LogP contribution in [0.15, 0.2) is 42.5 Å². The standard InChI is InChI=1S/C27H32N4O5S/c1-30(2)37(35,36)29-26(32)19-12-13-22-23(15-19)31-16-20(28-27(33)34)14-18-10-6-7-11-21(18)25(31)24(22)17-8-4-3-5-9-17/h6-7,10-13,15,17,20,28H,3-5,8-9,14,16H2,1-2H3,(H,29,32)(H,33,34). The minimum Gasteiger partial charge on any atom is -0.465 e. The van der Waals surface area contributed by atoms with E-state index in [-0.39, 0.29) is 11.6 Å². The fourth-order valence-electron chi connectivity index (χ4n) is 5.82. The Hall–Kier alpha value is -3.37. The van der Waals surface area contributed by atoms with Gasteiger partial charge in [-0.05, 0) is 48.4 Å². The van der Waals surface area contributed by atoms with Crippen LogP contribution in [-0.4, -0.2) is 54.5 Å². The first-order chi connectivity index (χ1) is 17.7. The zero-order valence-electron chi connectivity index (χ0n) is 21.0. The molecule has 0 spiro atoms. The number of nitrogens with zero attached hydrogens (tertiary/aromatic N) is 2. The zero-order chi connectivity index (χ0) is 26.3. The van der Waals surface area contributed by atoms with Gasteiger partial charge in [-0.2, -0.15) is 12.7 Å². The topological polar surface area (TPSA) is 121 Å². The highest BCUT2D eigenvalue weighted by Crippen LogP contribution is 2.46. The van der Waals surface area contributed by atoms with E-state index in [2.05, 4.69) is 26.7 Å². The summed E-state index contributed by atoms with van der Waals surface area (Å²) in [6.45, 7) is 0.403. The molecular formula is C27H32N4O5S. The Morgan fingerprint density at radius 1 is 1.05 bits per heavy atom. The molecule has 0 bridgehead atoms. The van der Waals surface area contributed by atoms with Gasteiger partial charge in [-0.1, -0.05) is 49.6 Å². The van der Waals surface area contributed by atoms with E-state index in [1.165, 1.54) is 26.1 Å². The van der Waals surface area contributed by atoms with E-state index in [0.29, 0.717) is 18.9 Å². The third-order valence-electron chi connectivity index (χ3n) is 7.55. The lowest BCUT2D eigenvalue weighted by atomic mass is 9.81. The van der Waals surface area contributed by atoms with Crippen molar-refractivity contribution in [2.45, 2.75) is 57.0 Å². The molecule has 196 valence electrons. The lowest BCUT2D eigenvalue weighted by Gasteiger charge is -2.24. The summed E-state index contributed by atoms with van der Waals surface area (Å²) in [7, 11) is -1.23. The summed E-state index contributed by atoms with van der Waals surface area (Å²) in [6, 6.07) is 13.1. The number of hydrogen-bond acceptors (Lipinski definition) is 4. The quantitative estimate of drug-likeness (QED) is 0.464. The summed E-state index contributed by atoms with van der Waals surface area (Å²) in [5.74, 6) is -0.349. The number of hydrogen-bond donors (Lipinski definition) is 3. The maximum Gasteiger partial charge on any atom is 0.404 e. The smallest absolute Gasteiger partial charge is 0.404 e. The lowest BCUT2D eigenvalue weighted by Crippen LogP contribution is -2.39. The lowest BCUT2D eigenvalue weighted by molar-refractivity contribution is 0.0979. The number of fused-ring (bicyclic) bond motifs is 5. The van der Waals surface area contributed by atoms with Gasteiger partial charge in [-0.15, -0.1) is 0 Å². The largest absolute Gasteiger partial charge is 0.465 e. The van der Waals surface area contributed by atoms with Crippen molar-refractivity contribution in [2.75, 3.05) is 14.1 Å². The van der Waals surface area contributed by atoms with Crippen molar-refractivity contribution in [1.82, 2.24) is 18.9 Å². The molecule has 9 nitrogen and oxygen atoms in total. The number of carbonyl (C=O) groups excluding carboxylic acids is 1. The first kappa shape index (κ1) is 25.3. The summed E-state index contributed by atoms with van der Waals surface area (Å²) in [5, 5.41) is 13.2. The summed E-state index contributed by atoms with van der Waals surface area (Å²) in [6.07, 6.45) is 5.16. The van der Waals surface area contributed by atoms with Crippen LogP contribution in [0, 0.1) is 0 Å². The van der Waals surface area contributed by atoms with Gasteiger partial charge in [-0.3, -0.25) is 4.79 Å². The van der Waals surface area contributed by atoms with Crippen molar-refractivity contribution in [3.63, 3.8) is 0 Å². The van der Waals surface area contributed by atoms with Crippen LogP contribution in [0.25, 0.3) is 22.2 Å². The second-order valence-corrected chi connectivity index (χ2v) is 12.1. The van der Waals surface area contributed by atoms with E-state index in [1.807, 2.05) is 18.2 Å². The van der Waals surface area contributed by atoms with E-state index in [4.69, 9.17) is 0 Å². The van der Waals surface area contributed by atoms with E-state index < -0.39 is 22.2 Å². The second kappa shape index (κ2) is 9.83. The van der Waals surface area contributed by atoms with Crippen molar-refractivity contribution in [1.29, 1.82) is 0 Å². The highest BCUT2D eigenvalue weighted by molar-refractivity contribution is 7.87. The van der Waals surface area contributed by atoms with Crippen LogP contribution in [-0.2, 0) is 23.2 Å². The molecule has 2 amide bonds. The fraction of sp³-hybridized carbons (Fsp3) is 0.407. The summed E-state index contributed by atoms with van der Waals surface area (Å²) in [5.41, 5.74) is 5.51. The molecular weight excluding hydrogens is 492 g/mol. The van der Waals surface area contributed by atoms with Crippen LogP contribution >= 0.6 is 0 Å². The Balaban J connectivity index is 1.72. The number of rotatable bonds is 5. The average Bonchev–Trinajstić information content (AvgIpc) is 3.07. The minimum atomic E-state index is -3.94. The number of aromatic nitrogens is 1. The predicted octanol–water partition coefficient (Wildman–Crippen LogP) is 4.08. The molecule has 3 aromatic rings. The van der Waals surface area contributed by atoms with Crippen LogP contribution < -0.4 is 10.0 Å². The zero-order valence-corrected chi connectivity index (χ0v) is 21.8. The van der Waals surface area contributed by atoms with Gasteiger partial charge in [-0.25, -0.2) is 9.52 Å². The molecule has 1 unspecified atom stereocenters. The van der Waals surface area contributed by atoms with Crippen LogP contribution in [0.4, 0.5) is 4.79 Å². The molecule has 1 atom stereocenters. The van der Waals surface area contributed by atoms with Gasteiger partial charge in [0.05, 0.1) is 11.7 Å². The Bertz CT molecular complexity index is 1470. The van der Waals surface area contributed by atoms with Crippen molar-refractivity contribution >= 4 is 33.1 Å². The second-order valence-electron chi connectivity index (χ2n) is 10.2. The molecule has 2 heterocycles. The molecule has 3 N–H and O–H groups in total. The van der Waals surface area contributed by atoms with Gasteiger partial charge in [0.1, 0.15) is 0 Å². The molecule has 5 rings (SSSR count). The van der Waals surface area contributed by atoms with Crippen LogP contribution in [0.2, 0.25) is 0 Å². The number of benzene rings is 2. The Morgan fingerprint density at radius 3 is 2.49 bits per heavy atom. The summed E-state index contributed by atoms with van der Waals surface area (Å²) >= 11 is 0. The van der Waals surface area contributed by atoms with Gasteiger partial charge in [0.15, 0.2) is 0 Å². The number of carbonyl (C=O) groups is 2. The molecule has 1 saturated carbocycles. The monoisotopic (exact) mass is 524 g/mol. The summed E-state index contributed by atoms with van der Waals surface area (Å²) in [4.78, 5) is 24.6. The van der Waals surface area contributed by atoms with Gasteiger partial charge < -0.3 is 15.0 Å². The van der Waals surface area contributed by atoms with Gasteiger partial charge in [0, 0.05) is 42.7 Å². The minimum absolute atomic E-state index is 0.230. The highest BCUT2D eigenvalue weighted by atomic mass is 32.2. The van der Waals surface area contributed by atoms with E-state index in [0.717, 1.165) is 57.7 Å². The molecule has 0 saturated heterocycles. The van der Waals surface area contributed by atoms with Crippen LogP contribution in [0.1, 0.15) is 59.5 Å². The average molecular weight is 525 g/mol. The molecule has 2 aromatic carbocycles. The maximum atomic E-state index is 12.9. The van der Waals surface area contributed by atoms with Crippen molar-refractivity contribution < 1.29 is 23.1 Å². The predicted molar refractivity (Wildman–Crippen MR) is 142 cm³/mol. The molecule has 10 heteroatoms. The van der Waals surface area contributed by atoms with Gasteiger partial charge >= 0.3 is 16.3 Å². The number of carboxylic acid groups (broad SMARTS) is 1. The van der Waals surface area contributed by atoms with Crippen LogP contribution in [0.3, 0.4) is 0 Å². The third-order valence-corrected chi connectivity index (χ3v) is 8.96. The Labute approximate surface area is 216 Å². The van der Waals surface area contributed by atoms with Gasteiger partial charge in [0.25, 0.3) is 5.91 Å². The van der Waals surface area contributed by atoms with E-state index in [1.54, 1.807) is 12.1 Å². The van der Waals surface area contributed by atoms with Gasteiger partial charge in [0.2, 0.25) is 0 Å². The summed E-state index contributed by atoms with van der Waals surface area (Å²) < 4.78 is 29.7. The molecule has 1 fully saturated rings. The molecule has 1 aromatic heterocycles. The van der Waals surface area contributed by atoms with E-state index in [9.17, 15) is 23.1 Å². The number of nitrogens with one attached hydrogen (secondary N) is 2. The fourth-order valence-corrected chi connectivity index (χ4v) is 6.36. The molecule has 37 heavy (non-hydrogen) atoms. The van der Waals surface area contributed by atoms with Crippen LogP contribution in [0.5, 0.6) is 0 Å². The number of amides is 2. The Morgan fingerprint density at radius 2 is 1.78 bits per heavy atom. The molecule has 2 aliphatic rings. The SMILES string of the molecule is CN(C)S(=O)(=O)NC(=O)c1ccc2c(C3CCCCC3)c3n(c2c1)CC(NC(=O)O)Cc1ccccc1-3. The first-order valence-corrected chi connectivity index (χ1v) is 14.1. The van der Waals surface area contributed by atoms with Crippen molar-refractivity contribution in [3.05, 3.63) is 59.2 Å². The molecule has 1 aliphatic heterocycles. The third kappa shape index (κ3) is 4.83. The molecule has 0 radical (unpaired) electrons. The van der Waals surface area contributed by atoms with Crippen molar-refractivity contribution in [2.24, 2.45) is 0 Å². The first-order valence-electron chi connectivity index (χ1n) is 12.6. The molecule has 1 aliphatic carbocycles. The maximum absolute atomic E-state index is 12.9. The van der Waals surface area contributed by atoms with E-state index >= 15 is 0 Å².